The van der Waals surface area contributed by atoms with E-state index in [2.05, 4.69) is 0 Å². The number of benzene rings is 2. The third kappa shape index (κ3) is 3.17. The second kappa shape index (κ2) is 6.83. The zero-order chi connectivity index (χ0) is 18.9. The number of rotatable bonds is 5. The van der Waals surface area contributed by atoms with Gasteiger partial charge in [0.2, 0.25) is 11.8 Å². The van der Waals surface area contributed by atoms with Gasteiger partial charge in [-0.3, -0.25) is 9.59 Å². The van der Waals surface area contributed by atoms with Crippen molar-refractivity contribution < 1.29 is 14.3 Å². The minimum Gasteiger partial charge on any atom is -0.457 e. The minimum atomic E-state index is -0.648. The fourth-order valence-corrected chi connectivity index (χ4v) is 3.35. The van der Waals surface area contributed by atoms with Gasteiger partial charge < -0.3 is 15.4 Å². The molecule has 3 rings (SSSR count). The topological polar surface area (TPSA) is 72.6 Å². The Morgan fingerprint density at radius 1 is 1.19 bits per heavy atom. The van der Waals surface area contributed by atoms with Crippen LogP contribution >= 0.6 is 0 Å². The fourth-order valence-electron chi connectivity index (χ4n) is 3.35. The van der Waals surface area contributed by atoms with E-state index in [1.54, 1.807) is 11.8 Å². The van der Waals surface area contributed by atoms with Gasteiger partial charge in [0, 0.05) is 6.54 Å². The monoisotopic (exact) mass is 352 g/mol. The second-order valence-corrected chi connectivity index (χ2v) is 7.05. The molecule has 2 aromatic rings. The number of ether oxygens (including phenoxy) is 1. The van der Waals surface area contributed by atoms with E-state index in [1.165, 1.54) is 0 Å². The quantitative estimate of drug-likeness (QED) is 0.898. The molecule has 1 aliphatic rings. The summed E-state index contributed by atoms with van der Waals surface area (Å²) in [5, 5.41) is 0. The SMILES string of the molecule is Cc1ccccc1Oc1ccc(C2(C)CCN(C(C)C(N)=O)C2=O)cc1. The zero-order valence-electron chi connectivity index (χ0n) is 15.4. The molecule has 2 unspecified atom stereocenters. The molecule has 1 heterocycles. The number of para-hydroxylation sites is 1. The first-order chi connectivity index (χ1) is 12.3. The maximum Gasteiger partial charge on any atom is 0.239 e. The van der Waals surface area contributed by atoms with Crippen molar-refractivity contribution in [1.82, 2.24) is 4.90 Å². The lowest BCUT2D eigenvalue weighted by molar-refractivity contribution is -0.138. The number of primary amides is 1. The number of aryl methyl sites for hydroxylation is 1. The van der Waals surface area contributed by atoms with Crippen LogP contribution in [0, 0.1) is 6.92 Å². The van der Waals surface area contributed by atoms with Crippen molar-refractivity contribution in [2.24, 2.45) is 5.73 Å². The summed E-state index contributed by atoms with van der Waals surface area (Å²) < 4.78 is 5.92. The van der Waals surface area contributed by atoms with Gasteiger partial charge in [-0.2, -0.15) is 0 Å². The Kier molecular flexibility index (Phi) is 4.72. The number of carbonyl (C=O) groups excluding carboxylic acids is 2. The van der Waals surface area contributed by atoms with E-state index in [4.69, 9.17) is 10.5 Å². The fraction of sp³-hybridized carbons (Fsp3) is 0.333. The number of hydrogen-bond donors (Lipinski definition) is 1. The van der Waals surface area contributed by atoms with Gasteiger partial charge in [0.15, 0.2) is 0 Å². The smallest absolute Gasteiger partial charge is 0.239 e. The van der Waals surface area contributed by atoms with E-state index < -0.39 is 17.4 Å². The first kappa shape index (κ1) is 18.0. The van der Waals surface area contributed by atoms with E-state index in [-0.39, 0.29) is 5.91 Å². The first-order valence-corrected chi connectivity index (χ1v) is 8.77. The van der Waals surface area contributed by atoms with Crippen LogP contribution < -0.4 is 10.5 Å². The Labute approximate surface area is 153 Å². The summed E-state index contributed by atoms with van der Waals surface area (Å²) in [7, 11) is 0. The van der Waals surface area contributed by atoms with Crippen LogP contribution in [0.3, 0.4) is 0 Å². The highest BCUT2D eigenvalue weighted by Gasteiger charge is 2.46. The summed E-state index contributed by atoms with van der Waals surface area (Å²) in [5.41, 5.74) is 6.69. The molecule has 0 aromatic heterocycles. The summed E-state index contributed by atoms with van der Waals surface area (Å²) >= 11 is 0. The largest absolute Gasteiger partial charge is 0.457 e. The molecule has 2 aromatic carbocycles. The molecule has 5 heteroatoms. The molecule has 5 nitrogen and oxygen atoms in total. The van der Waals surface area contributed by atoms with E-state index in [0.29, 0.717) is 13.0 Å². The standard InChI is InChI=1S/C21H24N2O3/c1-14-6-4-5-7-18(14)26-17-10-8-16(9-11-17)21(3)12-13-23(20(21)25)15(2)19(22)24/h4-11,15H,12-13H2,1-3H3,(H2,22,24). The molecule has 1 saturated heterocycles. The van der Waals surface area contributed by atoms with Crippen molar-refractivity contribution in [3.63, 3.8) is 0 Å². The number of amides is 2. The van der Waals surface area contributed by atoms with Crippen LogP contribution in [0.4, 0.5) is 0 Å². The van der Waals surface area contributed by atoms with Gasteiger partial charge in [-0.05, 0) is 56.5 Å². The molecule has 0 saturated carbocycles. The molecule has 2 atom stereocenters. The molecular weight excluding hydrogens is 328 g/mol. The summed E-state index contributed by atoms with van der Waals surface area (Å²) in [6, 6.07) is 14.8. The van der Waals surface area contributed by atoms with Crippen LogP contribution in [0.5, 0.6) is 11.5 Å². The van der Waals surface area contributed by atoms with Crippen LogP contribution in [-0.4, -0.2) is 29.3 Å². The van der Waals surface area contributed by atoms with Crippen molar-refractivity contribution in [3.05, 3.63) is 59.7 Å². The predicted molar refractivity (Wildman–Crippen MR) is 100 cm³/mol. The maximum atomic E-state index is 12.9. The normalized spacial score (nSPS) is 20.9. The molecule has 26 heavy (non-hydrogen) atoms. The number of likely N-dealkylation sites (tertiary alicyclic amines) is 1. The van der Waals surface area contributed by atoms with Crippen molar-refractivity contribution in [2.45, 2.75) is 38.6 Å². The summed E-state index contributed by atoms with van der Waals surface area (Å²) in [5.74, 6) is 0.991. The molecule has 0 radical (unpaired) electrons. The number of nitrogens with two attached hydrogens (primary N) is 1. The highest BCUT2D eigenvalue weighted by Crippen LogP contribution is 2.37. The van der Waals surface area contributed by atoms with E-state index in [9.17, 15) is 9.59 Å². The molecule has 0 spiro atoms. The Balaban J connectivity index is 1.79. The first-order valence-electron chi connectivity index (χ1n) is 8.77. The van der Waals surface area contributed by atoms with Crippen molar-refractivity contribution in [3.8, 4) is 11.5 Å². The van der Waals surface area contributed by atoms with Gasteiger partial charge >= 0.3 is 0 Å². The van der Waals surface area contributed by atoms with Crippen LogP contribution in [0.25, 0.3) is 0 Å². The van der Waals surface area contributed by atoms with Gasteiger partial charge in [-0.1, -0.05) is 30.3 Å². The Bertz CT molecular complexity index is 831. The molecule has 1 fully saturated rings. The van der Waals surface area contributed by atoms with Gasteiger partial charge in [-0.25, -0.2) is 0 Å². The van der Waals surface area contributed by atoms with Gasteiger partial charge in [0.1, 0.15) is 17.5 Å². The Hall–Kier alpha value is -2.82. The van der Waals surface area contributed by atoms with Crippen LogP contribution in [0.15, 0.2) is 48.5 Å². The van der Waals surface area contributed by atoms with E-state index in [1.807, 2.05) is 62.4 Å². The molecular formula is C21H24N2O3. The lowest BCUT2D eigenvalue weighted by Gasteiger charge is -2.26. The third-order valence-corrected chi connectivity index (χ3v) is 5.28. The van der Waals surface area contributed by atoms with Crippen molar-refractivity contribution >= 4 is 11.8 Å². The van der Waals surface area contributed by atoms with Gasteiger partial charge in [0.05, 0.1) is 5.41 Å². The van der Waals surface area contributed by atoms with Crippen LogP contribution in [0.2, 0.25) is 0 Å². The van der Waals surface area contributed by atoms with E-state index in [0.717, 1.165) is 22.6 Å². The third-order valence-electron chi connectivity index (χ3n) is 5.28. The molecule has 1 aliphatic heterocycles. The Morgan fingerprint density at radius 3 is 2.46 bits per heavy atom. The van der Waals surface area contributed by atoms with Crippen LogP contribution in [0.1, 0.15) is 31.4 Å². The average Bonchev–Trinajstić information content (AvgIpc) is 2.93. The highest BCUT2D eigenvalue weighted by atomic mass is 16.5. The van der Waals surface area contributed by atoms with Crippen LogP contribution in [-0.2, 0) is 15.0 Å². The summed E-state index contributed by atoms with van der Waals surface area (Å²) in [6.45, 7) is 6.11. The van der Waals surface area contributed by atoms with Gasteiger partial charge in [0.25, 0.3) is 0 Å². The minimum absolute atomic E-state index is 0.0589. The maximum absolute atomic E-state index is 12.9. The molecule has 2 amide bonds. The molecule has 136 valence electrons. The zero-order valence-corrected chi connectivity index (χ0v) is 15.4. The number of hydrogen-bond acceptors (Lipinski definition) is 3. The highest BCUT2D eigenvalue weighted by molar-refractivity contribution is 5.94. The summed E-state index contributed by atoms with van der Waals surface area (Å²) in [4.78, 5) is 25.9. The van der Waals surface area contributed by atoms with E-state index >= 15 is 0 Å². The molecule has 2 N–H and O–H groups in total. The molecule has 0 aliphatic carbocycles. The Morgan fingerprint density at radius 2 is 1.85 bits per heavy atom. The number of nitrogens with zero attached hydrogens (tertiary/aromatic N) is 1. The summed E-state index contributed by atoms with van der Waals surface area (Å²) in [6.07, 6.45) is 0.654. The van der Waals surface area contributed by atoms with Crippen molar-refractivity contribution in [1.29, 1.82) is 0 Å². The second-order valence-electron chi connectivity index (χ2n) is 7.05. The molecule has 0 bridgehead atoms. The number of carbonyl (C=O) groups is 2. The van der Waals surface area contributed by atoms with Crippen molar-refractivity contribution in [2.75, 3.05) is 6.54 Å². The van der Waals surface area contributed by atoms with Gasteiger partial charge in [-0.15, -0.1) is 0 Å². The predicted octanol–water partition coefficient (Wildman–Crippen LogP) is 3.15. The lowest BCUT2D eigenvalue weighted by Crippen LogP contribution is -2.46. The lowest BCUT2D eigenvalue weighted by atomic mass is 9.81. The average molecular weight is 352 g/mol.